The van der Waals surface area contributed by atoms with Gasteiger partial charge in [-0.15, -0.1) is 0 Å². The summed E-state index contributed by atoms with van der Waals surface area (Å²) in [6, 6.07) is 9.46. The van der Waals surface area contributed by atoms with Gasteiger partial charge in [0.2, 0.25) is 0 Å². The minimum Gasteiger partial charge on any atom is -0.482 e. The molecule has 0 saturated heterocycles. The molecule has 1 fully saturated rings. The Morgan fingerprint density at radius 1 is 1.23 bits per heavy atom. The Labute approximate surface area is 173 Å². The lowest BCUT2D eigenvalue weighted by atomic mass is 10.2. The van der Waals surface area contributed by atoms with E-state index >= 15 is 0 Å². The number of methoxy groups -OCH3 is 1. The Morgan fingerprint density at radius 3 is 2.70 bits per heavy atom. The molecule has 5 rings (SSSR count). The first-order valence-electron chi connectivity index (χ1n) is 10.3. The van der Waals surface area contributed by atoms with E-state index in [-0.39, 0.29) is 5.56 Å². The van der Waals surface area contributed by atoms with E-state index < -0.39 is 5.97 Å². The van der Waals surface area contributed by atoms with Crippen molar-refractivity contribution in [2.75, 3.05) is 7.11 Å². The van der Waals surface area contributed by atoms with Crippen LogP contribution in [0.2, 0.25) is 0 Å². The van der Waals surface area contributed by atoms with Crippen molar-refractivity contribution in [1.29, 1.82) is 0 Å². The topological polar surface area (TPSA) is 81.6 Å². The van der Waals surface area contributed by atoms with Crippen molar-refractivity contribution in [2.45, 2.75) is 39.7 Å². The van der Waals surface area contributed by atoms with Crippen molar-refractivity contribution in [3.8, 4) is 17.3 Å². The summed E-state index contributed by atoms with van der Waals surface area (Å²) in [6.45, 7) is 5.02. The molecule has 1 aliphatic carbocycles. The van der Waals surface area contributed by atoms with Crippen LogP contribution in [0.5, 0.6) is 5.88 Å². The van der Waals surface area contributed by atoms with Crippen LogP contribution in [0.4, 0.5) is 0 Å². The van der Waals surface area contributed by atoms with Crippen LogP contribution in [0.25, 0.3) is 28.1 Å². The van der Waals surface area contributed by atoms with Gasteiger partial charge in [0.05, 0.1) is 24.1 Å². The Morgan fingerprint density at radius 2 is 2.03 bits per heavy atom. The lowest BCUT2D eigenvalue weighted by Crippen LogP contribution is -2.04. The maximum Gasteiger partial charge on any atom is 0.336 e. The van der Waals surface area contributed by atoms with Crippen LogP contribution >= 0.6 is 0 Å². The first kappa shape index (κ1) is 18.7. The van der Waals surface area contributed by atoms with Gasteiger partial charge in [-0.05, 0) is 56.4 Å². The summed E-state index contributed by atoms with van der Waals surface area (Å²) in [5.74, 6) is 0.131. The molecule has 0 aliphatic heterocycles. The van der Waals surface area contributed by atoms with E-state index in [1.165, 1.54) is 18.9 Å². The smallest absolute Gasteiger partial charge is 0.336 e. The molecule has 4 aromatic heterocycles. The number of ether oxygens (including phenoxy) is 1. The molecule has 1 N–H and O–H groups in total. The van der Waals surface area contributed by atoms with Crippen molar-refractivity contribution < 1.29 is 14.6 Å². The molecule has 0 bridgehead atoms. The number of aryl methyl sites for hydroxylation is 2. The van der Waals surface area contributed by atoms with Gasteiger partial charge in [-0.2, -0.15) is 0 Å². The van der Waals surface area contributed by atoms with Crippen molar-refractivity contribution in [3.63, 3.8) is 0 Å². The van der Waals surface area contributed by atoms with Gasteiger partial charge in [-0.25, -0.2) is 14.8 Å². The average Bonchev–Trinajstić information content (AvgIpc) is 3.42. The lowest BCUT2D eigenvalue weighted by Gasteiger charge is -2.10. The molecule has 0 aromatic carbocycles. The van der Waals surface area contributed by atoms with E-state index in [1.807, 2.05) is 11.3 Å². The summed E-state index contributed by atoms with van der Waals surface area (Å²) < 4.78 is 9.63. The SMILES string of the molecule is CCc1ccc2cc(-c3nc4cc(C(=O)O)cc(OC)n4c3C)n(CC3CC3)c2n1. The molecule has 0 radical (unpaired) electrons. The third-order valence-corrected chi connectivity index (χ3v) is 5.92. The fourth-order valence-electron chi connectivity index (χ4n) is 4.10. The molecule has 154 valence electrons. The molecular weight excluding hydrogens is 380 g/mol. The van der Waals surface area contributed by atoms with Gasteiger partial charge >= 0.3 is 5.97 Å². The largest absolute Gasteiger partial charge is 0.482 e. The highest BCUT2D eigenvalue weighted by Gasteiger charge is 2.26. The second-order valence-electron chi connectivity index (χ2n) is 7.98. The first-order chi connectivity index (χ1) is 14.5. The Bertz CT molecular complexity index is 1300. The fourth-order valence-corrected chi connectivity index (χ4v) is 4.10. The summed E-state index contributed by atoms with van der Waals surface area (Å²) in [6.07, 6.45) is 3.38. The standard InChI is InChI=1S/C23H24N4O3/c1-4-17-8-7-15-9-18(26(22(15)24-17)12-14-5-6-14)21-13(2)27-19(25-21)10-16(23(28)29)11-20(27)30-3/h7-11,14H,4-6,12H2,1-3H3,(H,28,29). The number of carbonyl (C=O) groups is 1. The van der Waals surface area contributed by atoms with Crippen LogP contribution in [-0.4, -0.2) is 37.1 Å². The maximum absolute atomic E-state index is 11.5. The van der Waals surface area contributed by atoms with Gasteiger partial charge in [0.1, 0.15) is 17.0 Å². The molecule has 0 amide bonds. The number of nitrogens with zero attached hydrogens (tertiary/aromatic N) is 4. The van der Waals surface area contributed by atoms with Gasteiger partial charge in [0.25, 0.3) is 0 Å². The number of hydrogen-bond acceptors (Lipinski definition) is 4. The zero-order valence-corrected chi connectivity index (χ0v) is 17.3. The molecule has 4 aromatic rings. The van der Waals surface area contributed by atoms with Crippen LogP contribution < -0.4 is 4.74 Å². The molecule has 0 unspecified atom stereocenters. The number of hydrogen-bond donors (Lipinski definition) is 1. The number of carboxylic acid groups (broad SMARTS) is 1. The van der Waals surface area contributed by atoms with Gasteiger partial charge in [0, 0.05) is 23.7 Å². The summed E-state index contributed by atoms with van der Waals surface area (Å²) in [4.78, 5) is 21.3. The highest BCUT2D eigenvalue weighted by Crippen LogP contribution is 2.37. The zero-order chi connectivity index (χ0) is 21.0. The predicted molar refractivity (Wildman–Crippen MR) is 114 cm³/mol. The van der Waals surface area contributed by atoms with E-state index in [9.17, 15) is 9.90 Å². The molecule has 1 aliphatic rings. The number of pyridine rings is 2. The first-order valence-corrected chi connectivity index (χ1v) is 10.3. The third kappa shape index (κ3) is 2.93. The predicted octanol–water partition coefficient (Wildman–Crippen LogP) is 4.34. The second-order valence-corrected chi connectivity index (χ2v) is 7.98. The Hall–Kier alpha value is -3.35. The normalized spacial score (nSPS) is 14.0. The molecule has 0 spiro atoms. The van der Waals surface area contributed by atoms with Gasteiger partial charge in [0.15, 0.2) is 5.88 Å². The van der Waals surface area contributed by atoms with Crippen LogP contribution in [0.15, 0.2) is 30.3 Å². The minimum atomic E-state index is -1.00. The lowest BCUT2D eigenvalue weighted by molar-refractivity contribution is 0.0696. The van der Waals surface area contributed by atoms with E-state index in [0.29, 0.717) is 17.4 Å². The number of carboxylic acids is 1. The van der Waals surface area contributed by atoms with E-state index in [0.717, 1.165) is 46.8 Å². The molecule has 7 nitrogen and oxygen atoms in total. The quantitative estimate of drug-likeness (QED) is 0.517. The molecule has 4 heterocycles. The zero-order valence-electron chi connectivity index (χ0n) is 17.3. The van der Waals surface area contributed by atoms with Crippen LogP contribution in [0.1, 0.15) is 41.5 Å². The van der Waals surface area contributed by atoms with E-state index in [2.05, 4.69) is 29.7 Å². The van der Waals surface area contributed by atoms with Crippen molar-refractivity contribution in [3.05, 3.63) is 47.3 Å². The number of fused-ring (bicyclic) bond motifs is 2. The fraction of sp³-hybridized carbons (Fsp3) is 0.348. The van der Waals surface area contributed by atoms with Crippen molar-refractivity contribution in [1.82, 2.24) is 18.9 Å². The summed E-state index contributed by atoms with van der Waals surface area (Å²) in [5, 5.41) is 10.5. The Kier molecular flexibility index (Phi) is 4.27. The maximum atomic E-state index is 11.5. The monoisotopic (exact) mass is 404 g/mol. The number of imidazole rings is 1. The second kappa shape index (κ2) is 6.86. The average molecular weight is 404 g/mol. The molecule has 0 atom stereocenters. The summed E-state index contributed by atoms with van der Waals surface area (Å²) in [5.41, 5.74) is 5.53. The third-order valence-electron chi connectivity index (χ3n) is 5.92. The van der Waals surface area contributed by atoms with Crippen molar-refractivity contribution in [2.24, 2.45) is 5.92 Å². The van der Waals surface area contributed by atoms with Gasteiger partial charge < -0.3 is 14.4 Å². The highest BCUT2D eigenvalue weighted by atomic mass is 16.5. The molecular formula is C23H24N4O3. The van der Waals surface area contributed by atoms with E-state index in [1.54, 1.807) is 13.2 Å². The van der Waals surface area contributed by atoms with Crippen molar-refractivity contribution >= 4 is 22.6 Å². The Balaban J connectivity index is 1.77. The summed E-state index contributed by atoms with van der Waals surface area (Å²) in [7, 11) is 1.54. The molecule has 30 heavy (non-hydrogen) atoms. The number of aromatic carboxylic acids is 1. The van der Waals surface area contributed by atoms with Crippen LogP contribution in [0, 0.1) is 12.8 Å². The van der Waals surface area contributed by atoms with Gasteiger partial charge in [-0.1, -0.05) is 6.92 Å². The van der Waals surface area contributed by atoms with Gasteiger partial charge in [-0.3, -0.25) is 4.40 Å². The minimum absolute atomic E-state index is 0.156. The number of aromatic nitrogens is 4. The van der Waals surface area contributed by atoms with Crippen LogP contribution in [-0.2, 0) is 13.0 Å². The highest BCUT2D eigenvalue weighted by molar-refractivity contribution is 5.90. The molecule has 1 saturated carbocycles. The summed E-state index contributed by atoms with van der Waals surface area (Å²) >= 11 is 0. The van der Waals surface area contributed by atoms with Crippen LogP contribution in [0.3, 0.4) is 0 Å². The van der Waals surface area contributed by atoms with E-state index in [4.69, 9.17) is 14.7 Å². The number of rotatable bonds is 6. The molecule has 7 heteroatoms.